The molecule has 3 aliphatic heterocycles. The zero-order valence-electron chi connectivity index (χ0n) is 18.7. The maximum atomic E-state index is 12.2. The smallest absolute Gasteiger partial charge is 0.410 e. The Balaban J connectivity index is 1.29. The molecule has 6 heteroatoms. The second-order valence-corrected chi connectivity index (χ2v) is 9.07. The molecule has 31 heavy (non-hydrogen) atoms. The van der Waals surface area contributed by atoms with Crippen molar-refractivity contribution in [3.63, 3.8) is 0 Å². The van der Waals surface area contributed by atoms with E-state index >= 15 is 0 Å². The van der Waals surface area contributed by atoms with Crippen molar-refractivity contribution in [2.75, 3.05) is 50.8 Å². The molecule has 0 unspecified atom stereocenters. The second kappa shape index (κ2) is 9.32. The molecule has 0 aliphatic carbocycles. The summed E-state index contributed by atoms with van der Waals surface area (Å²) in [7, 11) is 0. The van der Waals surface area contributed by atoms with Crippen molar-refractivity contribution >= 4 is 17.7 Å². The Kier molecular flexibility index (Phi) is 6.52. The van der Waals surface area contributed by atoms with E-state index in [1.807, 2.05) is 22.8 Å². The van der Waals surface area contributed by atoms with E-state index in [1.165, 1.54) is 5.56 Å². The van der Waals surface area contributed by atoms with Crippen molar-refractivity contribution in [3.8, 4) is 11.8 Å². The molecule has 2 amide bonds. The number of nitrogens with zero attached hydrogens (tertiary/aromatic N) is 3. The van der Waals surface area contributed by atoms with Gasteiger partial charge in [0.2, 0.25) is 5.91 Å². The third-order valence-electron chi connectivity index (χ3n) is 7.05. The van der Waals surface area contributed by atoms with Crippen LogP contribution in [0.5, 0.6) is 0 Å². The van der Waals surface area contributed by atoms with Gasteiger partial charge in [-0.2, -0.15) is 0 Å². The maximum absolute atomic E-state index is 12.2. The summed E-state index contributed by atoms with van der Waals surface area (Å²) >= 11 is 0. The fraction of sp³-hybridized carbons (Fsp3) is 0.600. The van der Waals surface area contributed by atoms with Crippen molar-refractivity contribution in [1.82, 2.24) is 9.80 Å². The number of carbonyl (C=O) groups is 2. The molecule has 2 fully saturated rings. The second-order valence-electron chi connectivity index (χ2n) is 9.07. The molecule has 0 aromatic heterocycles. The molecule has 0 bridgehead atoms. The summed E-state index contributed by atoms with van der Waals surface area (Å²) in [5.41, 5.74) is 2.52. The zero-order valence-corrected chi connectivity index (χ0v) is 18.7. The van der Waals surface area contributed by atoms with Gasteiger partial charge in [-0.3, -0.25) is 4.79 Å². The predicted molar refractivity (Wildman–Crippen MR) is 121 cm³/mol. The van der Waals surface area contributed by atoms with Crippen LogP contribution in [0.1, 0.15) is 45.1 Å². The SMILES string of the molecule is CCC#CCOC(=O)N1CC[C@@H](CN2CCC3(CC2)CN(C(C)=O)c2ccccc23)C1. The van der Waals surface area contributed by atoms with Gasteiger partial charge in [0.25, 0.3) is 0 Å². The van der Waals surface area contributed by atoms with Crippen molar-refractivity contribution in [1.29, 1.82) is 0 Å². The summed E-state index contributed by atoms with van der Waals surface area (Å²) in [6, 6.07) is 8.41. The van der Waals surface area contributed by atoms with Crippen LogP contribution in [0.15, 0.2) is 24.3 Å². The van der Waals surface area contributed by atoms with Crippen LogP contribution in [0.25, 0.3) is 0 Å². The molecule has 2 saturated heterocycles. The average molecular weight is 424 g/mol. The first-order chi connectivity index (χ1) is 15.0. The molecule has 0 saturated carbocycles. The lowest BCUT2D eigenvalue weighted by Crippen LogP contribution is -2.47. The van der Waals surface area contributed by atoms with Gasteiger partial charge in [-0.15, -0.1) is 5.92 Å². The summed E-state index contributed by atoms with van der Waals surface area (Å²) in [6.45, 7) is 9.26. The van der Waals surface area contributed by atoms with Crippen LogP contribution in [-0.4, -0.2) is 67.7 Å². The lowest BCUT2D eigenvalue weighted by molar-refractivity contribution is -0.116. The highest BCUT2D eigenvalue weighted by molar-refractivity contribution is 5.94. The number of benzene rings is 1. The minimum Gasteiger partial charge on any atom is -0.436 e. The Morgan fingerprint density at radius 2 is 1.94 bits per heavy atom. The molecule has 3 aliphatic rings. The van der Waals surface area contributed by atoms with Crippen LogP contribution in [0.2, 0.25) is 0 Å². The summed E-state index contributed by atoms with van der Waals surface area (Å²) in [5.74, 6) is 6.40. The molecule has 1 aromatic rings. The fourth-order valence-electron chi connectivity index (χ4n) is 5.38. The summed E-state index contributed by atoms with van der Waals surface area (Å²) < 4.78 is 5.26. The first kappa shape index (κ1) is 21.7. The highest BCUT2D eigenvalue weighted by Crippen LogP contribution is 2.47. The van der Waals surface area contributed by atoms with Crippen molar-refractivity contribution < 1.29 is 14.3 Å². The minimum atomic E-state index is -0.239. The number of fused-ring (bicyclic) bond motifs is 2. The third kappa shape index (κ3) is 4.57. The van der Waals surface area contributed by atoms with Crippen LogP contribution in [0.3, 0.4) is 0 Å². The Hall–Kier alpha value is -2.52. The molecule has 0 radical (unpaired) electrons. The minimum absolute atomic E-state index is 0.0871. The number of ether oxygens (including phenoxy) is 1. The summed E-state index contributed by atoms with van der Waals surface area (Å²) in [4.78, 5) is 30.7. The standard InChI is InChI=1S/C25H33N3O3/c1-3-4-7-16-31-24(30)27-13-10-21(18-27)17-26-14-11-25(12-15-26)19-28(20(2)29)23-9-6-5-8-22(23)25/h5-6,8-9,21H,3,10-19H2,1-2H3/t21-/m0/s1. The quantitative estimate of drug-likeness (QED) is 0.701. The summed E-state index contributed by atoms with van der Waals surface area (Å²) in [6.07, 6.45) is 3.71. The number of likely N-dealkylation sites (tertiary alicyclic amines) is 2. The normalized spacial score (nSPS) is 22.2. The van der Waals surface area contributed by atoms with Gasteiger partial charge in [0, 0.05) is 50.6 Å². The van der Waals surface area contributed by atoms with E-state index in [0.717, 1.165) is 70.6 Å². The van der Waals surface area contributed by atoms with E-state index in [9.17, 15) is 9.59 Å². The topological polar surface area (TPSA) is 53.1 Å². The first-order valence-corrected chi connectivity index (χ1v) is 11.5. The molecule has 0 N–H and O–H groups in total. The highest BCUT2D eigenvalue weighted by Gasteiger charge is 2.45. The van der Waals surface area contributed by atoms with Gasteiger partial charge in [-0.1, -0.05) is 31.0 Å². The zero-order chi connectivity index (χ0) is 21.8. The van der Waals surface area contributed by atoms with E-state index in [2.05, 4.69) is 34.9 Å². The highest BCUT2D eigenvalue weighted by atomic mass is 16.6. The third-order valence-corrected chi connectivity index (χ3v) is 7.05. The number of hydrogen-bond donors (Lipinski definition) is 0. The predicted octanol–water partition coefficient (Wildman–Crippen LogP) is 3.26. The molecular weight excluding hydrogens is 390 g/mol. The van der Waals surface area contributed by atoms with E-state index in [-0.39, 0.29) is 24.0 Å². The molecule has 1 atom stereocenters. The number of carbonyl (C=O) groups excluding carboxylic acids is 2. The van der Waals surface area contributed by atoms with Gasteiger partial charge in [0.05, 0.1) is 0 Å². The molecule has 6 nitrogen and oxygen atoms in total. The maximum Gasteiger partial charge on any atom is 0.410 e. The molecule has 1 aromatic carbocycles. The van der Waals surface area contributed by atoms with Gasteiger partial charge >= 0.3 is 6.09 Å². The Bertz CT molecular complexity index is 879. The monoisotopic (exact) mass is 423 g/mol. The Labute approximate surface area is 185 Å². The van der Waals surface area contributed by atoms with E-state index in [4.69, 9.17) is 4.74 Å². The molecule has 1 spiro atoms. The number of para-hydroxylation sites is 1. The Morgan fingerprint density at radius 3 is 2.68 bits per heavy atom. The number of anilines is 1. The Morgan fingerprint density at radius 1 is 1.16 bits per heavy atom. The van der Waals surface area contributed by atoms with E-state index < -0.39 is 0 Å². The van der Waals surface area contributed by atoms with Crippen molar-refractivity contribution in [2.24, 2.45) is 5.92 Å². The molecule has 166 valence electrons. The van der Waals surface area contributed by atoms with Gasteiger partial charge in [0.1, 0.15) is 0 Å². The lowest BCUT2D eigenvalue weighted by atomic mass is 9.74. The number of amides is 2. The van der Waals surface area contributed by atoms with Gasteiger partial charge in [-0.25, -0.2) is 4.79 Å². The number of rotatable bonds is 3. The average Bonchev–Trinajstić information content (AvgIpc) is 3.37. The van der Waals surface area contributed by atoms with Crippen molar-refractivity contribution in [3.05, 3.63) is 29.8 Å². The van der Waals surface area contributed by atoms with Crippen molar-refractivity contribution in [2.45, 2.75) is 44.9 Å². The van der Waals surface area contributed by atoms with Gasteiger partial charge in [-0.05, 0) is 49.9 Å². The van der Waals surface area contributed by atoms with Crippen LogP contribution in [0, 0.1) is 17.8 Å². The van der Waals surface area contributed by atoms with Gasteiger partial charge in [0.15, 0.2) is 6.61 Å². The first-order valence-electron chi connectivity index (χ1n) is 11.5. The largest absolute Gasteiger partial charge is 0.436 e. The lowest BCUT2D eigenvalue weighted by Gasteiger charge is -2.40. The van der Waals surface area contributed by atoms with Crippen LogP contribution >= 0.6 is 0 Å². The molecule has 3 heterocycles. The summed E-state index contributed by atoms with van der Waals surface area (Å²) in [5, 5.41) is 0. The number of hydrogen-bond acceptors (Lipinski definition) is 4. The number of piperidine rings is 1. The van der Waals surface area contributed by atoms with Crippen LogP contribution < -0.4 is 4.90 Å². The molecular formula is C25H33N3O3. The van der Waals surface area contributed by atoms with Crippen LogP contribution in [0.4, 0.5) is 10.5 Å². The van der Waals surface area contributed by atoms with Gasteiger partial charge < -0.3 is 19.4 Å². The van der Waals surface area contributed by atoms with E-state index in [0.29, 0.717) is 5.92 Å². The fourth-order valence-corrected chi connectivity index (χ4v) is 5.38. The van der Waals surface area contributed by atoms with E-state index in [1.54, 1.807) is 6.92 Å². The van der Waals surface area contributed by atoms with Crippen LogP contribution in [-0.2, 0) is 14.9 Å². The molecule has 4 rings (SSSR count).